The molecule has 0 spiro atoms. The van der Waals surface area contributed by atoms with Crippen LogP contribution in [-0.2, 0) is 11.3 Å². The second kappa shape index (κ2) is 9.41. The van der Waals surface area contributed by atoms with Crippen LogP contribution in [0.1, 0.15) is 42.0 Å². The van der Waals surface area contributed by atoms with Crippen LogP contribution in [0.2, 0.25) is 0 Å². The van der Waals surface area contributed by atoms with Crippen molar-refractivity contribution in [1.29, 1.82) is 0 Å². The first kappa shape index (κ1) is 21.3. The molecular formula is C22H27N3O3S. The summed E-state index contributed by atoms with van der Waals surface area (Å²) in [6, 6.07) is 9.18. The van der Waals surface area contributed by atoms with Gasteiger partial charge in [-0.2, -0.15) is 0 Å². The van der Waals surface area contributed by atoms with E-state index in [-0.39, 0.29) is 23.2 Å². The lowest BCUT2D eigenvalue weighted by atomic mass is 10.2. The fourth-order valence-corrected chi connectivity index (χ4v) is 4.13. The van der Waals surface area contributed by atoms with E-state index in [1.54, 1.807) is 10.6 Å². The number of Topliss-reactive ketones (excluding diaryl/α,β-unsaturated/α-hetero) is 1. The third-order valence-electron chi connectivity index (χ3n) is 4.59. The number of aromatic nitrogens is 3. The minimum Gasteiger partial charge on any atom is -0.379 e. The summed E-state index contributed by atoms with van der Waals surface area (Å²) >= 11 is 1.31. The maximum Gasteiger partial charge on any atom is 0.262 e. The van der Waals surface area contributed by atoms with E-state index in [9.17, 15) is 9.59 Å². The minimum absolute atomic E-state index is 0.0222. The predicted octanol–water partition coefficient (Wildman–Crippen LogP) is 4.13. The lowest BCUT2D eigenvalue weighted by Gasteiger charge is -2.13. The Balaban J connectivity index is 1.84. The number of aryl methyl sites for hydroxylation is 2. The number of benzene rings is 1. The zero-order chi connectivity index (χ0) is 21.0. The van der Waals surface area contributed by atoms with Crippen molar-refractivity contribution in [3.63, 3.8) is 0 Å². The number of carbonyl (C=O) groups excluding carboxylic acids is 1. The molecule has 2 aromatic heterocycles. The Hall–Kier alpha value is -2.38. The summed E-state index contributed by atoms with van der Waals surface area (Å²) in [5, 5.41) is 1.15. The van der Waals surface area contributed by atoms with Crippen LogP contribution in [0.25, 0.3) is 10.9 Å². The van der Waals surface area contributed by atoms with Crippen molar-refractivity contribution in [2.45, 2.75) is 51.9 Å². The van der Waals surface area contributed by atoms with Gasteiger partial charge in [0.2, 0.25) is 0 Å². The van der Waals surface area contributed by atoms with Crippen LogP contribution < -0.4 is 5.56 Å². The van der Waals surface area contributed by atoms with Crippen LogP contribution in [0.5, 0.6) is 0 Å². The van der Waals surface area contributed by atoms with Crippen molar-refractivity contribution in [2.75, 3.05) is 12.4 Å². The molecule has 3 rings (SSSR count). The highest BCUT2D eigenvalue weighted by Gasteiger charge is 2.16. The van der Waals surface area contributed by atoms with Gasteiger partial charge in [-0.05, 0) is 52.3 Å². The quantitative estimate of drug-likeness (QED) is 0.247. The largest absolute Gasteiger partial charge is 0.379 e. The number of nitrogens with zero attached hydrogens (tertiary/aromatic N) is 2. The van der Waals surface area contributed by atoms with Gasteiger partial charge in [-0.3, -0.25) is 14.2 Å². The van der Waals surface area contributed by atoms with Gasteiger partial charge in [0.25, 0.3) is 5.56 Å². The number of fused-ring (bicyclic) bond motifs is 1. The third kappa shape index (κ3) is 5.16. The number of para-hydroxylation sites is 1. The molecule has 0 aliphatic heterocycles. The van der Waals surface area contributed by atoms with Crippen molar-refractivity contribution in [3.05, 3.63) is 57.6 Å². The molecule has 6 nitrogen and oxygen atoms in total. The molecule has 3 aromatic rings. The number of thioether (sulfide) groups is 1. The fourth-order valence-electron chi connectivity index (χ4n) is 3.22. The van der Waals surface area contributed by atoms with E-state index in [4.69, 9.17) is 4.74 Å². The van der Waals surface area contributed by atoms with Gasteiger partial charge >= 0.3 is 0 Å². The van der Waals surface area contributed by atoms with Crippen molar-refractivity contribution in [3.8, 4) is 0 Å². The Kier molecular flexibility index (Phi) is 6.92. The van der Waals surface area contributed by atoms with Crippen molar-refractivity contribution >= 4 is 28.4 Å². The van der Waals surface area contributed by atoms with Crippen LogP contribution in [0.3, 0.4) is 0 Å². The fraction of sp³-hybridized carbons (Fsp3) is 0.409. The van der Waals surface area contributed by atoms with Gasteiger partial charge in [-0.1, -0.05) is 23.9 Å². The number of ketones is 1. The molecule has 0 aliphatic carbocycles. The molecule has 0 saturated carbocycles. The first-order valence-corrected chi connectivity index (χ1v) is 10.8. The first-order valence-electron chi connectivity index (χ1n) is 9.80. The SMILES string of the molecule is Cc1cc(C(=O)CSc2nc3ccccc3c(=O)n2CCCOC(C)C)c(C)[nH]1. The molecule has 0 bridgehead atoms. The summed E-state index contributed by atoms with van der Waals surface area (Å²) in [5.74, 6) is 0.250. The molecule has 0 unspecified atom stereocenters. The number of hydrogen-bond donors (Lipinski definition) is 1. The highest BCUT2D eigenvalue weighted by molar-refractivity contribution is 7.99. The molecule has 1 aromatic carbocycles. The van der Waals surface area contributed by atoms with Crippen LogP contribution in [0, 0.1) is 13.8 Å². The van der Waals surface area contributed by atoms with E-state index in [2.05, 4.69) is 9.97 Å². The monoisotopic (exact) mass is 413 g/mol. The summed E-state index contributed by atoms with van der Waals surface area (Å²) < 4.78 is 7.27. The van der Waals surface area contributed by atoms with E-state index < -0.39 is 0 Å². The van der Waals surface area contributed by atoms with Crippen LogP contribution in [0.4, 0.5) is 0 Å². The number of carbonyl (C=O) groups is 1. The number of rotatable bonds is 9. The molecule has 154 valence electrons. The van der Waals surface area contributed by atoms with Gasteiger partial charge in [0.15, 0.2) is 10.9 Å². The number of H-pyrrole nitrogens is 1. The van der Waals surface area contributed by atoms with Crippen molar-refractivity contribution in [1.82, 2.24) is 14.5 Å². The standard InChI is InChI=1S/C22H27N3O3S/c1-14(2)28-11-7-10-25-21(27)17-8-5-6-9-19(17)24-22(25)29-13-20(26)18-12-15(3)23-16(18)4/h5-6,8-9,12,14,23H,7,10-11,13H2,1-4H3. The third-order valence-corrected chi connectivity index (χ3v) is 5.56. The Bertz CT molecular complexity index is 1070. The second-order valence-corrected chi connectivity index (χ2v) is 8.29. The van der Waals surface area contributed by atoms with Gasteiger partial charge in [-0.15, -0.1) is 0 Å². The summed E-state index contributed by atoms with van der Waals surface area (Å²) in [5.41, 5.74) is 3.08. The summed E-state index contributed by atoms with van der Waals surface area (Å²) in [6.07, 6.45) is 0.858. The molecule has 29 heavy (non-hydrogen) atoms. The van der Waals surface area contributed by atoms with Gasteiger partial charge in [0, 0.05) is 30.1 Å². The topological polar surface area (TPSA) is 77.0 Å². The normalized spacial score (nSPS) is 11.5. The zero-order valence-electron chi connectivity index (χ0n) is 17.3. The van der Waals surface area contributed by atoms with Crippen LogP contribution in [0.15, 0.2) is 40.3 Å². The highest BCUT2D eigenvalue weighted by Crippen LogP contribution is 2.21. The van der Waals surface area contributed by atoms with Crippen LogP contribution in [-0.4, -0.2) is 38.8 Å². The van der Waals surface area contributed by atoms with Gasteiger partial charge in [-0.25, -0.2) is 4.98 Å². The molecule has 7 heteroatoms. The molecule has 0 aliphatic rings. The lowest BCUT2D eigenvalue weighted by molar-refractivity contribution is 0.0743. The first-order chi connectivity index (χ1) is 13.9. The van der Waals surface area contributed by atoms with E-state index in [0.29, 0.717) is 41.2 Å². The molecule has 0 radical (unpaired) electrons. The number of aromatic amines is 1. The average Bonchev–Trinajstić information content (AvgIpc) is 3.03. The zero-order valence-corrected chi connectivity index (χ0v) is 18.1. The molecule has 0 amide bonds. The smallest absolute Gasteiger partial charge is 0.262 e. The van der Waals surface area contributed by atoms with E-state index in [1.807, 2.05) is 52.0 Å². The maximum atomic E-state index is 13.0. The molecule has 0 atom stereocenters. The summed E-state index contributed by atoms with van der Waals surface area (Å²) in [4.78, 5) is 33.5. The summed E-state index contributed by atoms with van der Waals surface area (Å²) in [6.45, 7) is 8.87. The van der Waals surface area contributed by atoms with Gasteiger partial charge < -0.3 is 9.72 Å². The molecule has 1 N–H and O–H groups in total. The predicted molar refractivity (Wildman–Crippen MR) is 117 cm³/mol. The minimum atomic E-state index is -0.0798. The number of hydrogen-bond acceptors (Lipinski definition) is 5. The van der Waals surface area contributed by atoms with Gasteiger partial charge in [0.1, 0.15) is 0 Å². The van der Waals surface area contributed by atoms with E-state index >= 15 is 0 Å². The van der Waals surface area contributed by atoms with Gasteiger partial charge in [0.05, 0.1) is 22.8 Å². The number of ether oxygens (including phenoxy) is 1. The molecule has 0 saturated heterocycles. The van der Waals surface area contributed by atoms with E-state index in [0.717, 1.165) is 11.4 Å². The number of nitrogens with one attached hydrogen (secondary N) is 1. The molecule has 2 heterocycles. The van der Waals surface area contributed by atoms with Crippen molar-refractivity contribution in [2.24, 2.45) is 0 Å². The summed E-state index contributed by atoms with van der Waals surface area (Å²) in [7, 11) is 0. The van der Waals surface area contributed by atoms with Crippen LogP contribution >= 0.6 is 11.8 Å². The Morgan fingerprint density at radius 2 is 2.03 bits per heavy atom. The Morgan fingerprint density at radius 3 is 2.72 bits per heavy atom. The lowest BCUT2D eigenvalue weighted by Crippen LogP contribution is -2.24. The Morgan fingerprint density at radius 1 is 1.28 bits per heavy atom. The second-order valence-electron chi connectivity index (χ2n) is 7.34. The van der Waals surface area contributed by atoms with Crippen molar-refractivity contribution < 1.29 is 9.53 Å². The average molecular weight is 414 g/mol. The highest BCUT2D eigenvalue weighted by atomic mass is 32.2. The maximum absolute atomic E-state index is 13.0. The molecular weight excluding hydrogens is 386 g/mol. The molecule has 0 fully saturated rings. The Labute approximate surface area is 174 Å². The van der Waals surface area contributed by atoms with E-state index in [1.165, 1.54) is 11.8 Å².